The number of sulfonamides is 1. The number of hydrogen-bond acceptors (Lipinski definition) is 4. The fourth-order valence-corrected chi connectivity index (χ4v) is 3.28. The molecule has 1 N–H and O–H groups in total. The Morgan fingerprint density at radius 2 is 1.63 bits per heavy atom. The van der Waals surface area contributed by atoms with Crippen LogP contribution in [0.5, 0.6) is 0 Å². The molecule has 1 saturated heterocycles. The lowest BCUT2D eigenvalue weighted by Gasteiger charge is -2.00. The summed E-state index contributed by atoms with van der Waals surface area (Å²) in [4.78, 5) is 11.3. The molecule has 0 saturated carbocycles. The van der Waals surface area contributed by atoms with Crippen molar-refractivity contribution in [1.82, 2.24) is 4.72 Å². The van der Waals surface area contributed by atoms with Crippen molar-refractivity contribution >= 4 is 15.9 Å². The molecule has 1 heterocycles. The largest absolute Gasteiger partial charge is 0.369 e. The Hall–Kier alpha value is -1.40. The van der Waals surface area contributed by atoms with Crippen LogP contribution >= 0.6 is 0 Å². The lowest BCUT2D eigenvalue weighted by Crippen LogP contribution is -2.28. The van der Waals surface area contributed by atoms with E-state index in [9.17, 15) is 13.2 Å². The van der Waals surface area contributed by atoms with Crippen molar-refractivity contribution in [2.24, 2.45) is 0 Å². The molecule has 0 aliphatic carbocycles. The quantitative estimate of drug-likeness (QED) is 0.252. The first kappa shape index (κ1) is 23.6. The summed E-state index contributed by atoms with van der Waals surface area (Å²) in [6.07, 6.45) is 24.2. The van der Waals surface area contributed by atoms with Crippen molar-refractivity contribution in [3.05, 3.63) is 36.5 Å². The number of hydrogen-bond donors (Lipinski definition) is 1. The van der Waals surface area contributed by atoms with Gasteiger partial charge in [0.1, 0.15) is 0 Å². The van der Waals surface area contributed by atoms with Crippen LogP contribution < -0.4 is 4.72 Å². The van der Waals surface area contributed by atoms with E-state index < -0.39 is 15.9 Å². The highest BCUT2D eigenvalue weighted by atomic mass is 32.2. The highest BCUT2D eigenvalue weighted by Gasteiger charge is 2.36. The van der Waals surface area contributed by atoms with Crippen molar-refractivity contribution in [3.63, 3.8) is 0 Å². The van der Waals surface area contributed by atoms with Gasteiger partial charge in [0.15, 0.2) is 0 Å². The maximum Gasteiger partial charge on any atom is 0.233 e. The average Bonchev–Trinajstić information content (AvgIpc) is 3.33. The number of ether oxygens (including phenoxy) is 1. The van der Waals surface area contributed by atoms with E-state index in [0.29, 0.717) is 18.6 Å². The second kappa shape index (κ2) is 13.7. The molecular formula is C21H35NO4S. The van der Waals surface area contributed by atoms with Crippen LogP contribution in [-0.4, -0.2) is 32.8 Å². The number of rotatable bonds is 15. The third-order valence-electron chi connectivity index (χ3n) is 4.27. The zero-order valence-electron chi connectivity index (χ0n) is 16.7. The molecule has 1 rings (SSSR count). The lowest BCUT2D eigenvalue weighted by atomic mass is 10.1. The van der Waals surface area contributed by atoms with Crippen LogP contribution in [0.15, 0.2) is 36.5 Å². The lowest BCUT2D eigenvalue weighted by molar-refractivity contribution is -0.119. The first-order valence-electron chi connectivity index (χ1n) is 10.0. The third kappa shape index (κ3) is 14.3. The monoisotopic (exact) mass is 397 g/mol. The average molecular weight is 398 g/mol. The van der Waals surface area contributed by atoms with E-state index in [4.69, 9.17) is 4.74 Å². The van der Waals surface area contributed by atoms with Crippen LogP contribution in [0.1, 0.15) is 71.1 Å². The summed E-state index contributed by atoms with van der Waals surface area (Å²) in [5.74, 6) is -0.443. The van der Waals surface area contributed by atoms with E-state index in [0.717, 1.165) is 31.9 Å². The summed E-state index contributed by atoms with van der Waals surface area (Å²) in [5, 5.41) is 0. The second-order valence-corrected chi connectivity index (χ2v) is 8.77. The molecule has 1 aliphatic rings. The summed E-state index contributed by atoms with van der Waals surface area (Å²) in [7, 11) is -3.44. The van der Waals surface area contributed by atoms with E-state index in [1.54, 1.807) is 0 Å². The van der Waals surface area contributed by atoms with Crippen molar-refractivity contribution in [2.75, 3.05) is 6.26 Å². The minimum absolute atomic E-state index is 0.224. The van der Waals surface area contributed by atoms with Gasteiger partial charge in [-0.1, -0.05) is 62.6 Å². The molecule has 1 amide bonds. The number of allylic oxidation sites excluding steroid dienone is 5. The van der Waals surface area contributed by atoms with E-state index in [1.807, 2.05) is 10.8 Å². The zero-order valence-corrected chi connectivity index (χ0v) is 17.5. The number of unbranched alkanes of at least 4 members (excludes halogenated alkanes) is 3. The Morgan fingerprint density at radius 1 is 0.963 bits per heavy atom. The van der Waals surface area contributed by atoms with Crippen LogP contribution in [-0.2, 0) is 19.6 Å². The molecule has 2 atom stereocenters. The molecule has 0 aromatic rings. The highest BCUT2D eigenvalue weighted by molar-refractivity contribution is 7.89. The van der Waals surface area contributed by atoms with Gasteiger partial charge in [-0.15, -0.1) is 0 Å². The standard InChI is InChI=1S/C21H35NO4S/c1-3-4-13-16-19-20(26-19)17-14-11-9-7-5-6-8-10-12-15-18-21(23)22-27(2,24)25/h5,7-8,10-11,14,19-20H,3-4,6,9,12-13,15-18H2,1-2H3,(H,22,23)/b7-5-,10-8-,14-11-/t19-,20-/m0/s1. The van der Waals surface area contributed by atoms with Gasteiger partial charge in [-0.2, -0.15) is 0 Å². The van der Waals surface area contributed by atoms with Gasteiger partial charge < -0.3 is 4.74 Å². The molecule has 154 valence electrons. The fourth-order valence-electron chi connectivity index (χ4n) is 2.76. The Morgan fingerprint density at radius 3 is 2.30 bits per heavy atom. The molecule has 5 nitrogen and oxygen atoms in total. The minimum Gasteiger partial charge on any atom is -0.369 e. The summed E-state index contributed by atoms with van der Waals surface area (Å²) in [6.45, 7) is 2.22. The van der Waals surface area contributed by atoms with Gasteiger partial charge in [-0.25, -0.2) is 8.42 Å². The van der Waals surface area contributed by atoms with Crippen molar-refractivity contribution < 1.29 is 17.9 Å². The van der Waals surface area contributed by atoms with Crippen LogP contribution in [0.2, 0.25) is 0 Å². The van der Waals surface area contributed by atoms with E-state index in [2.05, 4.69) is 37.3 Å². The van der Waals surface area contributed by atoms with Crippen molar-refractivity contribution in [3.8, 4) is 0 Å². The first-order valence-corrected chi connectivity index (χ1v) is 11.9. The molecule has 0 bridgehead atoms. The Balaban J connectivity index is 1.94. The molecule has 0 radical (unpaired) electrons. The Kier molecular flexibility index (Phi) is 12.0. The molecule has 1 fully saturated rings. The second-order valence-electron chi connectivity index (χ2n) is 7.02. The maximum atomic E-state index is 11.3. The minimum atomic E-state index is -3.44. The summed E-state index contributed by atoms with van der Waals surface area (Å²) in [5.41, 5.74) is 0. The SMILES string of the molecule is CCCCC[C@@H]1O[C@H]1C/C=C\C/C=C\C/C=C\CCCC(=O)NS(C)(=O)=O. The summed E-state index contributed by atoms with van der Waals surface area (Å²) >= 11 is 0. The normalized spacial score (nSPS) is 20.1. The topological polar surface area (TPSA) is 75.8 Å². The van der Waals surface area contributed by atoms with Gasteiger partial charge >= 0.3 is 0 Å². The number of nitrogens with one attached hydrogen (secondary N) is 1. The third-order valence-corrected chi connectivity index (χ3v) is 4.86. The van der Waals surface area contributed by atoms with Crippen LogP contribution in [0.25, 0.3) is 0 Å². The maximum absolute atomic E-state index is 11.3. The number of amides is 1. The van der Waals surface area contributed by atoms with Crippen molar-refractivity contribution in [1.29, 1.82) is 0 Å². The Labute approximate surface area is 165 Å². The smallest absolute Gasteiger partial charge is 0.233 e. The van der Waals surface area contributed by atoms with Gasteiger partial charge in [0.25, 0.3) is 0 Å². The van der Waals surface area contributed by atoms with Gasteiger partial charge in [0, 0.05) is 6.42 Å². The van der Waals surface area contributed by atoms with Crippen molar-refractivity contribution in [2.45, 2.75) is 83.3 Å². The predicted molar refractivity (Wildman–Crippen MR) is 111 cm³/mol. The van der Waals surface area contributed by atoms with E-state index >= 15 is 0 Å². The summed E-state index contributed by atoms with van der Waals surface area (Å²) < 4.78 is 29.4. The molecule has 0 spiro atoms. The highest BCUT2D eigenvalue weighted by Crippen LogP contribution is 2.30. The molecular weight excluding hydrogens is 362 g/mol. The summed E-state index contributed by atoms with van der Waals surface area (Å²) in [6, 6.07) is 0. The van der Waals surface area contributed by atoms with Gasteiger partial charge in [-0.05, 0) is 38.5 Å². The van der Waals surface area contributed by atoms with Crippen LogP contribution in [0, 0.1) is 0 Å². The fraction of sp³-hybridized carbons (Fsp3) is 0.667. The molecule has 27 heavy (non-hydrogen) atoms. The number of epoxide rings is 1. The van der Waals surface area contributed by atoms with E-state index in [1.165, 1.54) is 25.7 Å². The van der Waals surface area contributed by atoms with Crippen LogP contribution in [0.4, 0.5) is 0 Å². The molecule has 0 aromatic carbocycles. The number of carbonyl (C=O) groups excluding carboxylic acids is 1. The van der Waals surface area contributed by atoms with Gasteiger partial charge in [-0.3, -0.25) is 9.52 Å². The number of carbonyl (C=O) groups is 1. The molecule has 0 unspecified atom stereocenters. The predicted octanol–water partition coefficient (Wildman–Crippen LogP) is 4.42. The van der Waals surface area contributed by atoms with E-state index in [-0.39, 0.29) is 6.42 Å². The molecule has 6 heteroatoms. The molecule has 1 aliphatic heterocycles. The first-order chi connectivity index (χ1) is 12.9. The molecule has 0 aromatic heterocycles. The van der Waals surface area contributed by atoms with Crippen LogP contribution in [0.3, 0.4) is 0 Å². The van der Waals surface area contributed by atoms with Gasteiger partial charge in [0.05, 0.1) is 18.5 Å². The zero-order chi connectivity index (χ0) is 20.0. The Bertz CT molecular complexity index is 608. The van der Waals surface area contributed by atoms with Gasteiger partial charge in [0.2, 0.25) is 15.9 Å².